The predicted octanol–water partition coefficient (Wildman–Crippen LogP) is 3.13. The number of nitrogens with one attached hydrogen (secondary N) is 1. The van der Waals surface area contributed by atoms with Crippen LogP contribution in [-0.4, -0.2) is 29.9 Å². The Hall–Kier alpha value is -1.35. The highest BCUT2D eigenvalue weighted by molar-refractivity contribution is 5.81. The van der Waals surface area contributed by atoms with E-state index >= 15 is 0 Å². The molecule has 1 amide bonds. The lowest BCUT2D eigenvalue weighted by Crippen LogP contribution is -2.48. The third-order valence-electron chi connectivity index (χ3n) is 4.72. The van der Waals surface area contributed by atoms with Crippen LogP contribution in [0.3, 0.4) is 0 Å². The molecule has 1 aliphatic heterocycles. The number of carbonyl (C=O) groups excluding carboxylic acids is 1. The van der Waals surface area contributed by atoms with Crippen molar-refractivity contribution in [3.05, 3.63) is 35.9 Å². The zero-order valence-electron chi connectivity index (χ0n) is 12.9. The number of amides is 1. The lowest BCUT2D eigenvalue weighted by molar-refractivity contribution is -0.134. The van der Waals surface area contributed by atoms with Gasteiger partial charge in [-0.2, -0.15) is 0 Å². The molecule has 1 saturated carbocycles. The van der Waals surface area contributed by atoms with Crippen LogP contribution in [0.15, 0.2) is 30.3 Å². The SMILES string of the molecule is CC(NC(c1ccccc1)C1CC1)C(=O)N1CCCCC1. The lowest BCUT2D eigenvalue weighted by Gasteiger charge is -2.31. The molecule has 0 radical (unpaired) electrons. The number of piperidine rings is 1. The fourth-order valence-electron chi connectivity index (χ4n) is 3.32. The summed E-state index contributed by atoms with van der Waals surface area (Å²) in [4.78, 5) is 14.6. The summed E-state index contributed by atoms with van der Waals surface area (Å²) in [5.41, 5.74) is 1.32. The van der Waals surface area contributed by atoms with E-state index in [0.717, 1.165) is 25.9 Å². The molecular formula is C18H26N2O. The Morgan fingerprint density at radius 1 is 1.14 bits per heavy atom. The van der Waals surface area contributed by atoms with Crippen molar-refractivity contribution in [1.29, 1.82) is 0 Å². The lowest BCUT2D eigenvalue weighted by atomic mass is 10.0. The largest absolute Gasteiger partial charge is 0.341 e. The molecule has 2 aliphatic rings. The maximum absolute atomic E-state index is 12.6. The van der Waals surface area contributed by atoms with E-state index in [1.807, 2.05) is 11.8 Å². The standard InChI is InChI=1S/C18H26N2O/c1-14(18(21)20-12-6-3-7-13-20)19-17(16-10-11-16)15-8-4-2-5-9-15/h2,4-5,8-9,14,16-17,19H,3,6-7,10-13H2,1H3. The smallest absolute Gasteiger partial charge is 0.239 e. The van der Waals surface area contributed by atoms with Crippen LogP contribution < -0.4 is 5.32 Å². The van der Waals surface area contributed by atoms with Crippen LogP contribution in [0.5, 0.6) is 0 Å². The Kier molecular flexibility index (Phi) is 4.59. The average Bonchev–Trinajstić information content (AvgIpc) is 3.38. The molecule has 1 aromatic rings. The van der Waals surface area contributed by atoms with E-state index in [9.17, 15) is 4.79 Å². The van der Waals surface area contributed by atoms with E-state index in [-0.39, 0.29) is 11.9 Å². The first-order valence-corrected chi connectivity index (χ1v) is 8.35. The van der Waals surface area contributed by atoms with Crippen molar-refractivity contribution in [3.63, 3.8) is 0 Å². The van der Waals surface area contributed by atoms with Gasteiger partial charge in [0.15, 0.2) is 0 Å². The van der Waals surface area contributed by atoms with Crippen molar-refractivity contribution >= 4 is 5.91 Å². The molecule has 21 heavy (non-hydrogen) atoms. The van der Waals surface area contributed by atoms with Gasteiger partial charge in [0.25, 0.3) is 0 Å². The van der Waals surface area contributed by atoms with Crippen molar-refractivity contribution in [1.82, 2.24) is 10.2 Å². The minimum atomic E-state index is -0.0890. The van der Waals surface area contributed by atoms with Crippen molar-refractivity contribution in [2.24, 2.45) is 5.92 Å². The fourth-order valence-corrected chi connectivity index (χ4v) is 3.32. The molecule has 1 aliphatic carbocycles. The summed E-state index contributed by atoms with van der Waals surface area (Å²) in [7, 11) is 0. The van der Waals surface area contributed by atoms with Gasteiger partial charge >= 0.3 is 0 Å². The van der Waals surface area contributed by atoms with E-state index in [1.165, 1.54) is 24.8 Å². The average molecular weight is 286 g/mol. The van der Waals surface area contributed by atoms with Crippen LogP contribution in [-0.2, 0) is 4.79 Å². The monoisotopic (exact) mass is 286 g/mol. The van der Waals surface area contributed by atoms with E-state index in [4.69, 9.17) is 0 Å². The van der Waals surface area contributed by atoms with Gasteiger partial charge in [0, 0.05) is 19.1 Å². The number of nitrogens with zero attached hydrogens (tertiary/aromatic N) is 1. The Labute approximate surface area is 127 Å². The molecule has 3 heteroatoms. The molecule has 2 atom stereocenters. The number of benzene rings is 1. The summed E-state index contributed by atoms with van der Waals surface area (Å²) in [5, 5.41) is 3.60. The first kappa shape index (κ1) is 14.6. The van der Waals surface area contributed by atoms with Gasteiger partial charge in [-0.1, -0.05) is 30.3 Å². The molecule has 3 nitrogen and oxygen atoms in total. The van der Waals surface area contributed by atoms with Crippen molar-refractivity contribution in [2.75, 3.05) is 13.1 Å². The second kappa shape index (κ2) is 6.61. The van der Waals surface area contributed by atoms with Gasteiger partial charge in [0.05, 0.1) is 6.04 Å². The molecule has 0 spiro atoms. The van der Waals surface area contributed by atoms with Crippen molar-refractivity contribution in [2.45, 2.75) is 51.1 Å². The summed E-state index contributed by atoms with van der Waals surface area (Å²) >= 11 is 0. The van der Waals surface area contributed by atoms with Crippen LogP contribution in [0, 0.1) is 5.92 Å². The third kappa shape index (κ3) is 3.65. The van der Waals surface area contributed by atoms with E-state index in [1.54, 1.807) is 0 Å². The van der Waals surface area contributed by atoms with Crippen LogP contribution in [0.2, 0.25) is 0 Å². The molecule has 1 heterocycles. The fraction of sp³-hybridized carbons (Fsp3) is 0.611. The molecule has 1 N–H and O–H groups in total. The molecule has 2 unspecified atom stereocenters. The van der Waals surface area contributed by atoms with Crippen molar-refractivity contribution < 1.29 is 4.79 Å². The second-order valence-electron chi connectivity index (χ2n) is 6.50. The van der Waals surface area contributed by atoms with Crippen LogP contribution in [0.25, 0.3) is 0 Å². The van der Waals surface area contributed by atoms with Gasteiger partial charge in [-0.15, -0.1) is 0 Å². The second-order valence-corrected chi connectivity index (χ2v) is 6.50. The molecule has 0 bridgehead atoms. The number of likely N-dealkylation sites (tertiary alicyclic amines) is 1. The quantitative estimate of drug-likeness (QED) is 0.902. The first-order chi connectivity index (χ1) is 10.3. The van der Waals surface area contributed by atoms with Gasteiger partial charge in [-0.05, 0) is 50.5 Å². The highest BCUT2D eigenvalue weighted by Gasteiger charge is 2.34. The van der Waals surface area contributed by atoms with Gasteiger partial charge < -0.3 is 4.90 Å². The maximum Gasteiger partial charge on any atom is 0.239 e. The number of hydrogen-bond donors (Lipinski definition) is 1. The highest BCUT2D eigenvalue weighted by atomic mass is 16.2. The molecule has 114 valence electrons. The molecule has 0 aromatic heterocycles. The summed E-state index contributed by atoms with van der Waals surface area (Å²) in [5.74, 6) is 0.972. The zero-order valence-corrected chi connectivity index (χ0v) is 12.9. The Bertz CT molecular complexity index is 463. The Morgan fingerprint density at radius 2 is 1.81 bits per heavy atom. The van der Waals surface area contributed by atoms with E-state index in [2.05, 4.69) is 35.6 Å². The molecule has 3 rings (SSSR count). The van der Waals surface area contributed by atoms with E-state index in [0.29, 0.717) is 12.0 Å². The summed E-state index contributed by atoms with van der Waals surface area (Å²) in [6.45, 7) is 3.89. The number of rotatable bonds is 5. The maximum atomic E-state index is 12.6. The topological polar surface area (TPSA) is 32.3 Å². The minimum Gasteiger partial charge on any atom is -0.341 e. The molecule has 2 fully saturated rings. The normalized spacial score (nSPS) is 21.9. The predicted molar refractivity (Wildman–Crippen MR) is 84.9 cm³/mol. The summed E-state index contributed by atoms with van der Waals surface area (Å²) < 4.78 is 0. The van der Waals surface area contributed by atoms with Gasteiger partial charge in [-0.25, -0.2) is 0 Å². The van der Waals surface area contributed by atoms with E-state index < -0.39 is 0 Å². The highest BCUT2D eigenvalue weighted by Crippen LogP contribution is 2.41. The zero-order chi connectivity index (χ0) is 14.7. The van der Waals surface area contributed by atoms with Crippen LogP contribution in [0.4, 0.5) is 0 Å². The number of hydrogen-bond acceptors (Lipinski definition) is 2. The minimum absolute atomic E-state index is 0.0890. The first-order valence-electron chi connectivity index (χ1n) is 8.35. The van der Waals surface area contributed by atoms with Gasteiger partial charge in [0.2, 0.25) is 5.91 Å². The number of carbonyl (C=O) groups is 1. The van der Waals surface area contributed by atoms with Crippen molar-refractivity contribution in [3.8, 4) is 0 Å². The van der Waals surface area contributed by atoms with Gasteiger partial charge in [-0.3, -0.25) is 10.1 Å². The third-order valence-corrected chi connectivity index (χ3v) is 4.72. The van der Waals surface area contributed by atoms with Gasteiger partial charge in [0.1, 0.15) is 0 Å². The molecular weight excluding hydrogens is 260 g/mol. The Balaban J connectivity index is 1.64. The molecule has 1 saturated heterocycles. The van der Waals surface area contributed by atoms with Crippen LogP contribution >= 0.6 is 0 Å². The van der Waals surface area contributed by atoms with Crippen LogP contribution in [0.1, 0.15) is 50.6 Å². The Morgan fingerprint density at radius 3 is 2.43 bits per heavy atom. The summed E-state index contributed by atoms with van der Waals surface area (Å²) in [6.07, 6.45) is 6.13. The molecule has 1 aromatic carbocycles. The summed E-state index contributed by atoms with van der Waals surface area (Å²) in [6, 6.07) is 10.8.